The molecule has 1 unspecified atom stereocenters. The number of anilines is 1. The first kappa shape index (κ1) is 14.7. The van der Waals surface area contributed by atoms with Crippen molar-refractivity contribution in [1.29, 1.82) is 0 Å². The molecule has 0 radical (unpaired) electrons. The van der Waals surface area contributed by atoms with Gasteiger partial charge in [0.15, 0.2) is 0 Å². The summed E-state index contributed by atoms with van der Waals surface area (Å²) in [5, 5.41) is 3.16. The molecule has 0 amide bonds. The van der Waals surface area contributed by atoms with Crippen LogP contribution in [0.1, 0.15) is 13.3 Å². The number of thioether (sulfide) groups is 1. The van der Waals surface area contributed by atoms with Gasteiger partial charge in [-0.1, -0.05) is 0 Å². The van der Waals surface area contributed by atoms with Crippen LogP contribution in [0.2, 0.25) is 0 Å². The third-order valence-electron chi connectivity index (χ3n) is 3.33. The van der Waals surface area contributed by atoms with E-state index in [0.717, 1.165) is 30.2 Å². The van der Waals surface area contributed by atoms with E-state index in [1.807, 2.05) is 30.8 Å². The smallest absolute Gasteiger partial charge is 0.243 e. The lowest BCUT2D eigenvalue weighted by molar-refractivity contribution is 0.394. The Bertz CT molecular complexity index is 508. The van der Waals surface area contributed by atoms with Crippen molar-refractivity contribution >= 4 is 27.5 Å². The van der Waals surface area contributed by atoms with E-state index in [1.165, 1.54) is 4.31 Å². The van der Waals surface area contributed by atoms with Gasteiger partial charge in [-0.15, -0.1) is 0 Å². The summed E-state index contributed by atoms with van der Waals surface area (Å²) in [4.78, 5) is 0.369. The Labute approximate surface area is 119 Å². The van der Waals surface area contributed by atoms with E-state index in [4.69, 9.17) is 0 Å². The minimum Gasteiger partial charge on any atom is -0.385 e. The number of benzene rings is 1. The summed E-state index contributed by atoms with van der Waals surface area (Å²) in [6.45, 7) is 2.83. The van der Waals surface area contributed by atoms with Crippen LogP contribution in [0.5, 0.6) is 0 Å². The van der Waals surface area contributed by atoms with Crippen LogP contribution in [0.4, 0.5) is 5.69 Å². The van der Waals surface area contributed by atoms with Gasteiger partial charge in [-0.2, -0.15) is 16.1 Å². The number of rotatable bonds is 5. The fraction of sp³-hybridized carbons (Fsp3) is 0.538. The highest BCUT2D eigenvalue weighted by Gasteiger charge is 2.30. The number of nitrogens with one attached hydrogen (secondary N) is 1. The van der Waals surface area contributed by atoms with Crippen LogP contribution >= 0.6 is 11.8 Å². The molecular weight excluding hydrogens is 280 g/mol. The minimum atomic E-state index is -3.36. The summed E-state index contributed by atoms with van der Waals surface area (Å²) in [7, 11) is -1.68. The molecule has 6 heteroatoms. The largest absolute Gasteiger partial charge is 0.385 e. The molecule has 0 bridgehead atoms. The quantitative estimate of drug-likeness (QED) is 0.906. The van der Waals surface area contributed by atoms with Gasteiger partial charge in [0, 0.05) is 31.1 Å². The Morgan fingerprint density at radius 1 is 1.37 bits per heavy atom. The van der Waals surface area contributed by atoms with E-state index in [0.29, 0.717) is 4.90 Å². The highest BCUT2D eigenvalue weighted by atomic mass is 32.2. The standard InChI is InChI=1S/C13H20N2O2S2/c1-3-14-11-4-6-13(7-5-11)19(16,17)15(2)12-8-9-18-10-12/h4-7,12,14H,3,8-10H2,1-2H3. The molecule has 2 rings (SSSR count). The molecule has 0 aromatic heterocycles. The van der Waals surface area contributed by atoms with Crippen molar-refractivity contribution in [2.45, 2.75) is 24.3 Å². The first-order valence-electron chi connectivity index (χ1n) is 6.45. The van der Waals surface area contributed by atoms with Gasteiger partial charge in [0.2, 0.25) is 10.0 Å². The molecule has 1 aromatic rings. The average Bonchev–Trinajstić information content (AvgIpc) is 2.92. The second-order valence-corrected chi connectivity index (χ2v) is 7.74. The van der Waals surface area contributed by atoms with Crippen molar-refractivity contribution < 1.29 is 8.42 Å². The van der Waals surface area contributed by atoms with Gasteiger partial charge in [-0.25, -0.2) is 8.42 Å². The Balaban J connectivity index is 2.18. The normalized spacial score (nSPS) is 19.8. The van der Waals surface area contributed by atoms with Gasteiger partial charge in [-0.3, -0.25) is 0 Å². The van der Waals surface area contributed by atoms with Crippen LogP contribution < -0.4 is 5.32 Å². The Kier molecular flexibility index (Phi) is 4.76. The first-order chi connectivity index (χ1) is 9.05. The Hall–Kier alpha value is -0.720. The van der Waals surface area contributed by atoms with Crippen molar-refractivity contribution in [1.82, 2.24) is 4.31 Å². The fourth-order valence-corrected chi connectivity index (χ4v) is 4.87. The van der Waals surface area contributed by atoms with Gasteiger partial charge in [0.25, 0.3) is 0 Å². The van der Waals surface area contributed by atoms with Gasteiger partial charge >= 0.3 is 0 Å². The zero-order valence-electron chi connectivity index (χ0n) is 11.3. The summed E-state index contributed by atoms with van der Waals surface area (Å²) in [6.07, 6.45) is 0.940. The maximum Gasteiger partial charge on any atom is 0.243 e. The summed E-state index contributed by atoms with van der Waals surface area (Å²) >= 11 is 1.81. The lowest BCUT2D eigenvalue weighted by Gasteiger charge is -2.23. The lowest BCUT2D eigenvalue weighted by atomic mass is 10.3. The third kappa shape index (κ3) is 3.24. The molecular formula is C13H20N2O2S2. The van der Waals surface area contributed by atoms with Crippen LogP contribution in [0.3, 0.4) is 0 Å². The lowest BCUT2D eigenvalue weighted by Crippen LogP contribution is -2.36. The van der Waals surface area contributed by atoms with Crippen molar-refractivity contribution in [3.05, 3.63) is 24.3 Å². The van der Waals surface area contributed by atoms with E-state index in [-0.39, 0.29) is 6.04 Å². The van der Waals surface area contributed by atoms with Crippen molar-refractivity contribution in [3.8, 4) is 0 Å². The first-order valence-corrected chi connectivity index (χ1v) is 9.05. The predicted molar refractivity (Wildman–Crippen MR) is 81.3 cm³/mol. The molecule has 4 nitrogen and oxygen atoms in total. The van der Waals surface area contributed by atoms with Crippen molar-refractivity contribution in [2.75, 3.05) is 30.4 Å². The second-order valence-electron chi connectivity index (χ2n) is 4.59. The fourth-order valence-electron chi connectivity index (χ4n) is 2.12. The zero-order chi connectivity index (χ0) is 13.9. The highest BCUT2D eigenvalue weighted by molar-refractivity contribution is 7.99. The molecule has 1 atom stereocenters. The van der Waals surface area contributed by atoms with Crippen molar-refractivity contribution in [3.63, 3.8) is 0 Å². The van der Waals surface area contributed by atoms with Crippen LogP contribution in [-0.4, -0.2) is 43.9 Å². The third-order valence-corrected chi connectivity index (χ3v) is 6.40. The van der Waals surface area contributed by atoms with E-state index in [2.05, 4.69) is 5.32 Å². The molecule has 106 valence electrons. The van der Waals surface area contributed by atoms with Crippen LogP contribution in [0, 0.1) is 0 Å². The van der Waals surface area contributed by atoms with E-state index >= 15 is 0 Å². The molecule has 1 aliphatic rings. The molecule has 1 saturated heterocycles. The molecule has 1 heterocycles. The number of hydrogen-bond donors (Lipinski definition) is 1. The zero-order valence-corrected chi connectivity index (χ0v) is 12.9. The molecule has 0 spiro atoms. The van der Waals surface area contributed by atoms with Gasteiger partial charge in [-0.05, 0) is 43.4 Å². The summed E-state index contributed by atoms with van der Waals surface area (Å²) in [5.41, 5.74) is 0.945. The van der Waals surface area contributed by atoms with E-state index in [9.17, 15) is 8.42 Å². The number of nitrogens with zero attached hydrogens (tertiary/aromatic N) is 1. The van der Waals surface area contributed by atoms with Gasteiger partial charge < -0.3 is 5.32 Å². The topological polar surface area (TPSA) is 49.4 Å². The monoisotopic (exact) mass is 300 g/mol. The molecule has 1 aliphatic heterocycles. The Morgan fingerprint density at radius 2 is 2.05 bits per heavy atom. The molecule has 1 N–H and O–H groups in total. The van der Waals surface area contributed by atoms with Crippen LogP contribution in [0.25, 0.3) is 0 Å². The van der Waals surface area contributed by atoms with Crippen LogP contribution in [-0.2, 0) is 10.0 Å². The number of hydrogen-bond acceptors (Lipinski definition) is 4. The SMILES string of the molecule is CCNc1ccc(S(=O)(=O)N(C)C2CCSC2)cc1. The Morgan fingerprint density at radius 3 is 2.58 bits per heavy atom. The highest BCUT2D eigenvalue weighted by Crippen LogP contribution is 2.26. The molecule has 0 saturated carbocycles. The van der Waals surface area contributed by atoms with E-state index in [1.54, 1.807) is 19.2 Å². The average molecular weight is 300 g/mol. The summed E-state index contributed by atoms with van der Waals surface area (Å²) in [6, 6.07) is 7.10. The van der Waals surface area contributed by atoms with Gasteiger partial charge in [0.1, 0.15) is 0 Å². The second kappa shape index (κ2) is 6.15. The summed E-state index contributed by atoms with van der Waals surface area (Å²) in [5.74, 6) is 1.94. The molecule has 1 fully saturated rings. The van der Waals surface area contributed by atoms with Gasteiger partial charge in [0.05, 0.1) is 4.90 Å². The maximum absolute atomic E-state index is 12.5. The molecule has 1 aromatic carbocycles. The number of sulfonamides is 1. The molecule has 19 heavy (non-hydrogen) atoms. The van der Waals surface area contributed by atoms with Crippen LogP contribution in [0.15, 0.2) is 29.2 Å². The minimum absolute atomic E-state index is 0.128. The van der Waals surface area contributed by atoms with Crippen molar-refractivity contribution in [2.24, 2.45) is 0 Å². The maximum atomic E-state index is 12.5. The van der Waals surface area contributed by atoms with E-state index < -0.39 is 10.0 Å². The predicted octanol–water partition coefficient (Wildman–Crippen LogP) is 2.24. The molecule has 0 aliphatic carbocycles. The summed E-state index contributed by atoms with van der Waals surface area (Å²) < 4.78 is 26.5.